The summed E-state index contributed by atoms with van der Waals surface area (Å²) >= 11 is 6.10. The third-order valence-electron chi connectivity index (χ3n) is 4.58. The van der Waals surface area contributed by atoms with Crippen LogP contribution in [0.15, 0.2) is 48.5 Å². The zero-order valence-corrected chi connectivity index (χ0v) is 22.5. The second-order valence-corrected chi connectivity index (χ2v) is 8.99. The SMILES string of the molecule is CC(C)C.CCC(NC(=O)CNC(=O)NCc1ccccc1)C(=O)Cc1cccc(Cl)c1C.NC=O. The topological polar surface area (TPSA) is 130 Å². The van der Waals surface area contributed by atoms with Crippen LogP contribution >= 0.6 is 11.6 Å². The molecule has 1 unspecified atom stereocenters. The number of hydrogen-bond acceptors (Lipinski definition) is 4. The lowest BCUT2D eigenvalue weighted by Crippen LogP contribution is -2.47. The van der Waals surface area contributed by atoms with Gasteiger partial charge in [0, 0.05) is 18.0 Å². The van der Waals surface area contributed by atoms with Gasteiger partial charge in [-0.05, 0) is 42.0 Å². The van der Waals surface area contributed by atoms with E-state index in [1.807, 2.05) is 50.2 Å². The Morgan fingerprint density at radius 1 is 1.00 bits per heavy atom. The number of primary amides is 1. The Bertz CT molecular complexity index is 949. The Morgan fingerprint density at radius 2 is 1.58 bits per heavy atom. The third kappa shape index (κ3) is 14.8. The molecule has 0 saturated heterocycles. The summed E-state index contributed by atoms with van der Waals surface area (Å²) in [5, 5.41) is 8.47. The molecular weight excluding hydrogens is 480 g/mol. The number of benzene rings is 2. The molecule has 0 saturated carbocycles. The van der Waals surface area contributed by atoms with Crippen LogP contribution in [0.25, 0.3) is 0 Å². The van der Waals surface area contributed by atoms with Gasteiger partial charge in [-0.2, -0.15) is 0 Å². The summed E-state index contributed by atoms with van der Waals surface area (Å²) in [6.45, 7) is 10.3. The van der Waals surface area contributed by atoms with Crippen molar-refractivity contribution in [3.8, 4) is 0 Å². The summed E-state index contributed by atoms with van der Waals surface area (Å²) in [5.74, 6) is 0.322. The van der Waals surface area contributed by atoms with E-state index in [2.05, 4.69) is 42.5 Å². The van der Waals surface area contributed by atoms with Gasteiger partial charge in [0.05, 0.1) is 12.6 Å². The molecule has 1 atom stereocenters. The van der Waals surface area contributed by atoms with Crippen LogP contribution in [-0.4, -0.2) is 36.7 Å². The molecule has 0 radical (unpaired) electrons. The molecular formula is C27H39ClN4O4. The monoisotopic (exact) mass is 518 g/mol. The van der Waals surface area contributed by atoms with Crippen molar-refractivity contribution in [2.24, 2.45) is 11.7 Å². The fraction of sp³-hybridized carbons (Fsp3) is 0.407. The quantitative estimate of drug-likeness (QED) is 0.375. The zero-order chi connectivity index (χ0) is 27.5. The van der Waals surface area contributed by atoms with Gasteiger partial charge < -0.3 is 21.7 Å². The number of nitrogens with two attached hydrogens (primary N) is 1. The first-order valence-corrected chi connectivity index (χ1v) is 12.2. The molecule has 0 aromatic heterocycles. The standard InChI is InChI=1S/C22H26ClN3O3.C4H10.CH3NO/c1-3-19(20(27)12-17-10-7-11-18(23)15(17)2)26-21(28)14-25-22(29)24-13-16-8-5-4-6-9-16;1-4(2)3;2-1-3/h4-11,19H,3,12-14H2,1-2H3,(H,26,28)(H2,24,25,29);4H,1-3H3;1H,(H2,2,3). The molecule has 2 aromatic rings. The maximum Gasteiger partial charge on any atom is 0.315 e. The normalized spacial score (nSPS) is 10.5. The Kier molecular flexibility index (Phi) is 17.1. The lowest BCUT2D eigenvalue weighted by Gasteiger charge is -2.17. The van der Waals surface area contributed by atoms with Crippen molar-refractivity contribution in [1.82, 2.24) is 16.0 Å². The Labute approximate surface area is 219 Å². The largest absolute Gasteiger partial charge is 0.372 e. The number of ketones is 1. The first-order chi connectivity index (χ1) is 17.0. The minimum absolute atomic E-state index is 0.0975. The van der Waals surface area contributed by atoms with Gasteiger partial charge in [0.15, 0.2) is 5.78 Å². The van der Waals surface area contributed by atoms with Gasteiger partial charge >= 0.3 is 6.03 Å². The van der Waals surface area contributed by atoms with Gasteiger partial charge in [0.1, 0.15) is 0 Å². The molecule has 0 spiro atoms. The highest BCUT2D eigenvalue weighted by Gasteiger charge is 2.20. The van der Waals surface area contributed by atoms with Gasteiger partial charge in [-0.1, -0.05) is 81.8 Å². The molecule has 4 amide bonds. The van der Waals surface area contributed by atoms with Gasteiger partial charge in [-0.3, -0.25) is 14.4 Å². The molecule has 0 aliphatic carbocycles. The third-order valence-corrected chi connectivity index (χ3v) is 4.99. The molecule has 36 heavy (non-hydrogen) atoms. The number of hydrogen-bond donors (Lipinski definition) is 4. The Balaban J connectivity index is 0.00000155. The van der Waals surface area contributed by atoms with Gasteiger partial charge in [-0.25, -0.2) is 4.79 Å². The number of Topliss-reactive ketones (excluding diaryl/α,β-unsaturated/α-hetero) is 1. The minimum atomic E-state index is -0.616. The van der Waals surface area contributed by atoms with E-state index in [4.69, 9.17) is 16.4 Å². The zero-order valence-electron chi connectivity index (χ0n) is 21.8. The molecule has 8 nitrogen and oxygen atoms in total. The smallest absolute Gasteiger partial charge is 0.315 e. The maximum absolute atomic E-state index is 12.6. The highest BCUT2D eigenvalue weighted by atomic mass is 35.5. The van der Waals surface area contributed by atoms with Crippen LogP contribution in [0.1, 0.15) is 50.8 Å². The van der Waals surface area contributed by atoms with Crippen molar-refractivity contribution in [3.63, 3.8) is 0 Å². The second kappa shape index (κ2) is 18.9. The summed E-state index contributed by atoms with van der Waals surface area (Å²) < 4.78 is 0. The Morgan fingerprint density at radius 3 is 2.14 bits per heavy atom. The van der Waals surface area contributed by atoms with E-state index in [-0.39, 0.29) is 25.2 Å². The first-order valence-electron chi connectivity index (χ1n) is 11.8. The predicted octanol–water partition coefficient (Wildman–Crippen LogP) is 3.92. The molecule has 0 bridgehead atoms. The van der Waals surface area contributed by atoms with Crippen LogP contribution in [-0.2, 0) is 27.3 Å². The van der Waals surface area contributed by atoms with E-state index in [1.165, 1.54) is 0 Å². The maximum atomic E-state index is 12.6. The lowest BCUT2D eigenvalue weighted by atomic mass is 9.98. The minimum Gasteiger partial charge on any atom is -0.372 e. The fourth-order valence-corrected chi connectivity index (χ4v) is 3.01. The summed E-state index contributed by atoms with van der Waals surface area (Å²) in [7, 11) is 0. The molecule has 0 aliphatic rings. The number of carbonyl (C=O) groups is 4. The predicted molar refractivity (Wildman–Crippen MR) is 145 cm³/mol. The van der Waals surface area contributed by atoms with Crippen LogP contribution in [0.5, 0.6) is 0 Å². The lowest BCUT2D eigenvalue weighted by molar-refractivity contribution is -0.127. The first kappa shape index (κ1) is 32.6. The van der Waals surface area contributed by atoms with Gasteiger partial charge in [-0.15, -0.1) is 0 Å². The average molecular weight is 519 g/mol. The van der Waals surface area contributed by atoms with E-state index in [1.54, 1.807) is 12.1 Å². The number of amides is 4. The van der Waals surface area contributed by atoms with Crippen LogP contribution in [0.2, 0.25) is 5.02 Å². The van der Waals surface area contributed by atoms with E-state index in [9.17, 15) is 14.4 Å². The molecule has 2 rings (SSSR count). The van der Waals surface area contributed by atoms with Gasteiger partial charge in [0.25, 0.3) is 0 Å². The van der Waals surface area contributed by atoms with E-state index in [0.717, 1.165) is 22.6 Å². The van der Waals surface area contributed by atoms with E-state index >= 15 is 0 Å². The summed E-state index contributed by atoms with van der Waals surface area (Å²) in [5.41, 5.74) is 6.83. The summed E-state index contributed by atoms with van der Waals surface area (Å²) in [6, 6.07) is 13.8. The van der Waals surface area contributed by atoms with Crippen molar-refractivity contribution in [1.29, 1.82) is 0 Å². The molecule has 9 heteroatoms. The van der Waals surface area contributed by atoms with Crippen LogP contribution in [0, 0.1) is 12.8 Å². The highest BCUT2D eigenvalue weighted by Crippen LogP contribution is 2.19. The molecule has 2 aromatic carbocycles. The molecule has 0 fully saturated rings. The van der Waals surface area contributed by atoms with Gasteiger partial charge in [0.2, 0.25) is 12.3 Å². The molecule has 5 N–H and O–H groups in total. The van der Waals surface area contributed by atoms with Crippen molar-refractivity contribution >= 4 is 35.7 Å². The Hall–Kier alpha value is -3.39. The average Bonchev–Trinajstić information content (AvgIpc) is 2.83. The number of halogens is 1. The van der Waals surface area contributed by atoms with Crippen molar-refractivity contribution in [2.75, 3.05) is 6.54 Å². The van der Waals surface area contributed by atoms with Crippen LogP contribution in [0.3, 0.4) is 0 Å². The number of rotatable bonds is 9. The molecule has 198 valence electrons. The number of nitrogens with one attached hydrogen (secondary N) is 3. The highest BCUT2D eigenvalue weighted by molar-refractivity contribution is 6.31. The van der Waals surface area contributed by atoms with Crippen molar-refractivity contribution in [3.05, 3.63) is 70.2 Å². The summed E-state index contributed by atoms with van der Waals surface area (Å²) in [4.78, 5) is 45.1. The van der Waals surface area contributed by atoms with Crippen molar-refractivity contribution in [2.45, 2.75) is 60.0 Å². The van der Waals surface area contributed by atoms with E-state index < -0.39 is 18.0 Å². The fourth-order valence-electron chi connectivity index (χ4n) is 2.81. The van der Waals surface area contributed by atoms with E-state index in [0.29, 0.717) is 18.0 Å². The van der Waals surface area contributed by atoms with Crippen LogP contribution in [0.4, 0.5) is 4.79 Å². The number of carbonyl (C=O) groups excluding carboxylic acids is 4. The molecule has 0 aliphatic heterocycles. The van der Waals surface area contributed by atoms with Crippen LogP contribution < -0.4 is 21.7 Å². The van der Waals surface area contributed by atoms with Crippen molar-refractivity contribution < 1.29 is 19.2 Å². The number of urea groups is 1. The second-order valence-electron chi connectivity index (χ2n) is 8.59. The summed E-state index contributed by atoms with van der Waals surface area (Å²) in [6.07, 6.45) is 0.903. The molecule has 0 heterocycles.